The van der Waals surface area contributed by atoms with Gasteiger partial charge in [-0.3, -0.25) is 4.79 Å². The highest BCUT2D eigenvalue weighted by Crippen LogP contribution is 2.25. The zero-order chi connectivity index (χ0) is 17.9. The second kappa shape index (κ2) is 7.25. The Labute approximate surface area is 146 Å². The number of halogens is 1. The second-order valence-electron chi connectivity index (χ2n) is 6.56. The van der Waals surface area contributed by atoms with E-state index in [1.165, 1.54) is 6.20 Å². The number of amides is 2. The van der Waals surface area contributed by atoms with Crippen molar-refractivity contribution in [2.45, 2.75) is 26.4 Å². The molecule has 1 saturated heterocycles. The van der Waals surface area contributed by atoms with Gasteiger partial charge in [-0.05, 0) is 26.8 Å². The second-order valence-corrected chi connectivity index (χ2v) is 6.97. The molecule has 2 heterocycles. The van der Waals surface area contributed by atoms with Crippen LogP contribution in [-0.4, -0.2) is 60.7 Å². The van der Waals surface area contributed by atoms with Gasteiger partial charge in [-0.1, -0.05) is 11.6 Å². The van der Waals surface area contributed by atoms with Crippen LogP contribution in [-0.2, 0) is 4.74 Å². The molecule has 8 heteroatoms. The topological polar surface area (TPSA) is 74.8 Å². The number of ether oxygens (including phenoxy) is 1. The van der Waals surface area contributed by atoms with Crippen LogP contribution < -0.4 is 10.2 Å². The van der Waals surface area contributed by atoms with E-state index >= 15 is 0 Å². The van der Waals surface area contributed by atoms with Gasteiger partial charge in [0.1, 0.15) is 11.4 Å². The number of carbonyl (C=O) groups is 2. The van der Waals surface area contributed by atoms with Crippen molar-refractivity contribution in [3.63, 3.8) is 0 Å². The Bertz CT molecular complexity index is 622. The summed E-state index contributed by atoms with van der Waals surface area (Å²) >= 11 is 6.26. The van der Waals surface area contributed by atoms with Gasteiger partial charge in [-0.2, -0.15) is 0 Å². The van der Waals surface area contributed by atoms with E-state index in [0.29, 0.717) is 42.6 Å². The van der Waals surface area contributed by atoms with Gasteiger partial charge in [-0.25, -0.2) is 9.78 Å². The van der Waals surface area contributed by atoms with Gasteiger partial charge in [0.25, 0.3) is 5.91 Å². The lowest BCUT2D eigenvalue weighted by atomic mass is 10.2. The summed E-state index contributed by atoms with van der Waals surface area (Å²) in [6, 6.07) is 1.60. The quantitative estimate of drug-likeness (QED) is 0.880. The molecule has 1 fully saturated rings. The maximum Gasteiger partial charge on any atom is 0.410 e. The fraction of sp³-hybridized carbons (Fsp3) is 0.562. The van der Waals surface area contributed by atoms with E-state index in [0.717, 1.165) is 0 Å². The predicted octanol–water partition coefficient (Wildman–Crippen LogP) is 2.15. The van der Waals surface area contributed by atoms with Crippen LogP contribution in [0.4, 0.5) is 10.6 Å². The number of anilines is 1. The lowest BCUT2D eigenvalue weighted by molar-refractivity contribution is 0.0240. The van der Waals surface area contributed by atoms with Gasteiger partial charge in [0.2, 0.25) is 0 Å². The molecule has 2 amide bonds. The van der Waals surface area contributed by atoms with Crippen LogP contribution in [0.2, 0.25) is 5.02 Å². The number of nitrogens with one attached hydrogen (secondary N) is 1. The van der Waals surface area contributed by atoms with Crippen molar-refractivity contribution >= 4 is 29.4 Å². The molecule has 0 radical (unpaired) electrons. The Morgan fingerprint density at radius 2 is 1.88 bits per heavy atom. The highest BCUT2D eigenvalue weighted by atomic mass is 35.5. The molecule has 0 atom stereocenters. The third kappa shape index (κ3) is 4.50. The highest BCUT2D eigenvalue weighted by molar-refractivity contribution is 6.33. The average Bonchev–Trinajstić information content (AvgIpc) is 2.52. The summed E-state index contributed by atoms with van der Waals surface area (Å²) in [5, 5.41) is 2.95. The van der Waals surface area contributed by atoms with Gasteiger partial charge in [0, 0.05) is 39.4 Å². The van der Waals surface area contributed by atoms with E-state index in [1.54, 1.807) is 18.0 Å². The number of pyridine rings is 1. The molecule has 1 aliphatic rings. The molecule has 1 aromatic heterocycles. The van der Waals surface area contributed by atoms with Gasteiger partial charge in [-0.15, -0.1) is 0 Å². The van der Waals surface area contributed by atoms with Crippen molar-refractivity contribution in [3.05, 3.63) is 22.8 Å². The van der Waals surface area contributed by atoms with Crippen molar-refractivity contribution < 1.29 is 14.3 Å². The van der Waals surface area contributed by atoms with Gasteiger partial charge < -0.3 is 19.9 Å². The molecular formula is C16H23ClN4O3. The van der Waals surface area contributed by atoms with Crippen LogP contribution in [0.3, 0.4) is 0 Å². The Hall–Kier alpha value is -2.02. The van der Waals surface area contributed by atoms with Crippen LogP contribution in [0, 0.1) is 0 Å². The molecule has 7 nitrogen and oxygen atoms in total. The third-order valence-electron chi connectivity index (χ3n) is 3.54. The first-order chi connectivity index (χ1) is 11.2. The molecule has 0 aromatic carbocycles. The Morgan fingerprint density at radius 1 is 1.25 bits per heavy atom. The largest absolute Gasteiger partial charge is 0.444 e. The van der Waals surface area contributed by atoms with Gasteiger partial charge >= 0.3 is 6.09 Å². The van der Waals surface area contributed by atoms with E-state index in [2.05, 4.69) is 10.3 Å². The number of carbonyl (C=O) groups excluding carboxylic acids is 2. The number of rotatable bonds is 2. The molecule has 0 unspecified atom stereocenters. The first-order valence-electron chi connectivity index (χ1n) is 7.82. The molecule has 2 rings (SSSR count). The molecule has 0 bridgehead atoms. The van der Waals surface area contributed by atoms with E-state index in [9.17, 15) is 9.59 Å². The Balaban J connectivity index is 2.00. The average molecular weight is 355 g/mol. The zero-order valence-corrected chi connectivity index (χ0v) is 15.2. The van der Waals surface area contributed by atoms with Crippen LogP contribution in [0.25, 0.3) is 0 Å². The summed E-state index contributed by atoms with van der Waals surface area (Å²) in [6.45, 7) is 7.81. The van der Waals surface area contributed by atoms with Crippen molar-refractivity contribution in [2.75, 3.05) is 38.1 Å². The maximum atomic E-state index is 12.1. The van der Waals surface area contributed by atoms with Crippen LogP contribution in [0.5, 0.6) is 0 Å². The molecule has 24 heavy (non-hydrogen) atoms. The summed E-state index contributed by atoms with van der Waals surface area (Å²) in [7, 11) is 1.56. The van der Waals surface area contributed by atoms with E-state index < -0.39 is 5.60 Å². The molecule has 0 saturated carbocycles. The summed E-state index contributed by atoms with van der Waals surface area (Å²) in [6.07, 6.45) is 1.19. The molecule has 0 spiro atoms. The molecular weight excluding hydrogens is 332 g/mol. The van der Waals surface area contributed by atoms with E-state index in [4.69, 9.17) is 16.3 Å². The third-order valence-corrected chi connectivity index (χ3v) is 3.82. The standard InChI is InChI=1S/C16H23ClN4O3/c1-16(2,3)24-15(23)21-7-5-20(6-8-21)13-12(17)9-11(10-19-13)14(22)18-4/h9-10H,5-8H2,1-4H3,(H,18,22). The minimum Gasteiger partial charge on any atom is -0.444 e. The molecule has 1 aliphatic heterocycles. The Morgan fingerprint density at radius 3 is 2.38 bits per heavy atom. The summed E-state index contributed by atoms with van der Waals surface area (Å²) in [5.74, 6) is 0.388. The number of nitrogens with zero attached hydrogens (tertiary/aromatic N) is 3. The predicted molar refractivity (Wildman–Crippen MR) is 92.7 cm³/mol. The number of piperazine rings is 1. The van der Waals surface area contributed by atoms with Crippen molar-refractivity contribution in [3.8, 4) is 0 Å². The van der Waals surface area contributed by atoms with E-state index in [-0.39, 0.29) is 12.0 Å². The minimum atomic E-state index is -0.505. The van der Waals surface area contributed by atoms with Gasteiger partial charge in [0.05, 0.1) is 10.6 Å². The van der Waals surface area contributed by atoms with E-state index in [1.807, 2.05) is 25.7 Å². The zero-order valence-electron chi connectivity index (χ0n) is 14.4. The number of hydrogen-bond donors (Lipinski definition) is 1. The number of aromatic nitrogens is 1. The maximum absolute atomic E-state index is 12.1. The normalized spacial score (nSPS) is 15.2. The fourth-order valence-electron chi connectivity index (χ4n) is 2.36. The molecule has 132 valence electrons. The fourth-order valence-corrected chi connectivity index (χ4v) is 2.65. The van der Waals surface area contributed by atoms with Crippen molar-refractivity contribution in [1.82, 2.24) is 15.2 Å². The van der Waals surface area contributed by atoms with Crippen molar-refractivity contribution in [2.24, 2.45) is 0 Å². The summed E-state index contributed by atoms with van der Waals surface area (Å²) in [4.78, 5) is 31.7. The molecule has 1 aromatic rings. The monoisotopic (exact) mass is 354 g/mol. The minimum absolute atomic E-state index is 0.231. The molecule has 0 aliphatic carbocycles. The van der Waals surface area contributed by atoms with Gasteiger partial charge in [0.15, 0.2) is 0 Å². The SMILES string of the molecule is CNC(=O)c1cnc(N2CCN(C(=O)OC(C)(C)C)CC2)c(Cl)c1. The first-order valence-corrected chi connectivity index (χ1v) is 8.19. The molecule has 1 N–H and O–H groups in total. The van der Waals surface area contributed by atoms with Crippen LogP contribution in [0.15, 0.2) is 12.3 Å². The summed E-state index contributed by atoms with van der Waals surface area (Å²) < 4.78 is 5.38. The van der Waals surface area contributed by atoms with Crippen LogP contribution in [0.1, 0.15) is 31.1 Å². The Kier molecular flexibility index (Phi) is 5.54. The summed E-state index contributed by atoms with van der Waals surface area (Å²) in [5.41, 5.74) is -0.0898. The number of hydrogen-bond acceptors (Lipinski definition) is 5. The lowest BCUT2D eigenvalue weighted by Gasteiger charge is -2.36. The van der Waals surface area contributed by atoms with Crippen molar-refractivity contribution in [1.29, 1.82) is 0 Å². The van der Waals surface area contributed by atoms with Crippen LogP contribution >= 0.6 is 11.6 Å². The highest BCUT2D eigenvalue weighted by Gasteiger charge is 2.27. The smallest absolute Gasteiger partial charge is 0.410 e. The lowest BCUT2D eigenvalue weighted by Crippen LogP contribution is -2.50. The first kappa shape index (κ1) is 18.3.